The molecule has 122 valence electrons. The normalized spacial score (nSPS) is 10.5. The highest BCUT2D eigenvalue weighted by Gasteiger charge is 2.17. The minimum atomic E-state index is -0.741. The average Bonchev–Trinajstić information content (AvgIpc) is 3.22. The van der Waals surface area contributed by atoms with Crippen molar-refractivity contribution in [3.8, 4) is 0 Å². The summed E-state index contributed by atoms with van der Waals surface area (Å²) in [6.45, 7) is -0.591. The Morgan fingerprint density at radius 2 is 1.96 bits per heavy atom. The van der Waals surface area contributed by atoms with Crippen LogP contribution in [-0.4, -0.2) is 24.4 Å². The zero-order chi connectivity index (χ0) is 17.1. The number of thiophene rings is 2. The molecule has 0 aliphatic carbocycles. The molecule has 2 amide bonds. The first-order chi connectivity index (χ1) is 11.5. The maximum atomic E-state index is 13.6. The molecule has 1 N–H and O–H groups in total. The van der Waals surface area contributed by atoms with Crippen molar-refractivity contribution < 1.29 is 23.5 Å². The molecule has 2 heterocycles. The van der Waals surface area contributed by atoms with Crippen LogP contribution in [0, 0.1) is 5.82 Å². The molecule has 0 spiro atoms. The Morgan fingerprint density at radius 3 is 2.67 bits per heavy atom. The predicted octanol–water partition coefficient (Wildman–Crippen LogP) is 3.22. The van der Waals surface area contributed by atoms with Gasteiger partial charge in [0.15, 0.2) is 6.61 Å². The van der Waals surface area contributed by atoms with E-state index < -0.39 is 30.2 Å². The summed E-state index contributed by atoms with van der Waals surface area (Å²) in [6, 6.07) is 9.18. The lowest BCUT2D eigenvalue weighted by Crippen LogP contribution is -2.33. The van der Waals surface area contributed by atoms with Gasteiger partial charge in [0, 0.05) is 10.1 Å². The summed E-state index contributed by atoms with van der Waals surface area (Å²) in [5, 5.41) is 4.16. The smallest absolute Gasteiger partial charge is 0.348 e. The van der Waals surface area contributed by atoms with Gasteiger partial charge in [0.2, 0.25) is 0 Å². The number of rotatable bonds is 4. The number of hydrogen-bond donors (Lipinski definition) is 1. The van der Waals surface area contributed by atoms with Crippen LogP contribution in [0.1, 0.15) is 19.3 Å². The van der Waals surface area contributed by atoms with Crippen LogP contribution >= 0.6 is 22.7 Å². The molecular weight excluding hydrogens is 353 g/mol. The van der Waals surface area contributed by atoms with Crippen LogP contribution < -0.4 is 5.32 Å². The van der Waals surface area contributed by atoms with Gasteiger partial charge in [-0.15, -0.1) is 22.7 Å². The Bertz CT molecular complexity index is 917. The van der Waals surface area contributed by atoms with Gasteiger partial charge in [-0.2, -0.15) is 0 Å². The number of hydrogen-bond acceptors (Lipinski definition) is 6. The molecule has 0 unspecified atom stereocenters. The number of carbonyl (C=O) groups excluding carboxylic acids is 3. The topological polar surface area (TPSA) is 72.5 Å². The third kappa shape index (κ3) is 3.50. The summed E-state index contributed by atoms with van der Waals surface area (Å²) in [4.78, 5) is 35.9. The summed E-state index contributed by atoms with van der Waals surface area (Å²) in [5.74, 6) is -2.44. The number of amides is 2. The van der Waals surface area contributed by atoms with Crippen molar-refractivity contribution in [2.24, 2.45) is 0 Å². The van der Waals surface area contributed by atoms with Crippen molar-refractivity contribution >= 4 is 50.5 Å². The molecule has 0 saturated carbocycles. The largest absolute Gasteiger partial charge is 0.451 e. The summed E-state index contributed by atoms with van der Waals surface area (Å²) < 4.78 is 19.1. The van der Waals surface area contributed by atoms with E-state index in [0.717, 1.165) is 11.3 Å². The minimum Gasteiger partial charge on any atom is -0.451 e. The lowest BCUT2D eigenvalue weighted by atomic mass is 10.2. The summed E-state index contributed by atoms with van der Waals surface area (Å²) in [6.07, 6.45) is 0. The van der Waals surface area contributed by atoms with Gasteiger partial charge in [-0.25, -0.2) is 9.18 Å². The highest BCUT2D eigenvalue weighted by molar-refractivity contribution is 7.20. The number of fused-ring (bicyclic) bond motifs is 1. The van der Waals surface area contributed by atoms with E-state index in [1.807, 2.05) is 0 Å². The van der Waals surface area contributed by atoms with Gasteiger partial charge in [0.1, 0.15) is 10.7 Å². The molecule has 0 aliphatic rings. The van der Waals surface area contributed by atoms with Crippen LogP contribution in [0.3, 0.4) is 0 Å². The number of imide groups is 1. The van der Waals surface area contributed by atoms with Crippen molar-refractivity contribution in [2.75, 3.05) is 6.61 Å². The fourth-order valence-corrected chi connectivity index (χ4v) is 3.55. The highest BCUT2D eigenvalue weighted by Crippen LogP contribution is 2.28. The average molecular weight is 363 g/mol. The second-order valence-corrected chi connectivity index (χ2v) is 6.72. The van der Waals surface area contributed by atoms with Crippen molar-refractivity contribution in [1.82, 2.24) is 5.32 Å². The van der Waals surface area contributed by atoms with Crippen LogP contribution in [-0.2, 0) is 9.53 Å². The molecule has 5 nitrogen and oxygen atoms in total. The van der Waals surface area contributed by atoms with Gasteiger partial charge in [-0.3, -0.25) is 14.9 Å². The summed E-state index contributed by atoms with van der Waals surface area (Å²) >= 11 is 2.26. The van der Waals surface area contributed by atoms with Gasteiger partial charge in [0.05, 0.1) is 4.88 Å². The highest BCUT2D eigenvalue weighted by atomic mass is 32.1. The van der Waals surface area contributed by atoms with E-state index in [-0.39, 0.29) is 4.88 Å². The Hall–Kier alpha value is -2.58. The van der Waals surface area contributed by atoms with Crippen molar-refractivity contribution in [2.45, 2.75) is 0 Å². The fourth-order valence-electron chi connectivity index (χ4n) is 1.96. The van der Waals surface area contributed by atoms with E-state index in [4.69, 9.17) is 4.74 Å². The lowest BCUT2D eigenvalue weighted by molar-refractivity contribution is -0.123. The van der Waals surface area contributed by atoms with Gasteiger partial charge in [-0.1, -0.05) is 12.1 Å². The van der Waals surface area contributed by atoms with Crippen LogP contribution in [0.2, 0.25) is 0 Å². The van der Waals surface area contributed by atoms with Gasteiger partial charge >= 0.3 is 5.97 Å². The summed E-state index contributed by atoms with van der Waals surface area (Å²) in [7, 11) is 0. The molecule has 0 fully saturated rings. The third-order valence-electron chi connectivity index (χ3n) is 3.04. The SMILES string of the molecule is O=C(COC(=O)c1cc2c(F)cccc2s1)NC(=O)c1cccs1. The van der Waals surface area contributed by atoms with Crippen LogP contribution in [0.4, 0.5) is 4.39 Å². The zero-order valence-corrected chi connectivity index (χ0v) is 13.7. The summed E-state index contributed by atoms with van der Waals surface area (Å²) in [5.41, 5.74) is 0. The number of esters is 1. The first kappa shape index (κ1) is 16.3. The third-order valence-corrected chi connectivity index (χ3v) is 4.99. The first-order valence-electron chi connectivity index (χ1n) is 6.77. The van der Waals surface area contributed by atoms with E-state index in [2.05, 4.69) is 5.32 Å². The Balaban J connectivity index is 1.59. The second kappa shape index (κ2) is 6.90. The number of nitrogens with one attached hydrogen (secondary N) is 1. The fraction of sp³-hybridized carbons (Fsp3) is 0.0625. The van der Waals surface area contributed by atoms with Gasteiger partial charge in [-0.05, 0) is 29.6 Å². The molecular formula is C16H10FNO4S2. The van der Waals surface area contributed by atoms with E-state index in [0.29, 0.717) is 15.0 Å². The van der Waals surface area contributed by atoms with Crippen molar-refractivity contribution in [3.63, 3.8) is 0 Å². The van der Waals surface area contributed by atoms with E-state index >= 15 is 0 Å². The van der Waals surface area contributed by atoms with Crippen LogP contribution in [0.15, 0.2) is 41.8 Å². The van der Waals surface area contributed by atoms with Gasteiger partial charge in [0.25, 0.3) is 11.8 Å². The second-order valence-electron chi connectivity index (χ2n) is 4.69. The van der Waals surface area contributed by atoms with Crippen LogP contribution in [0.5, 0.6) is 0 Å². The molecule has 0 bridgehead atoms. The molecule has 0 saturated heterocycles. The quantitative estimate of drug-likeness (QED) is 0.723. The number of carbonyl (C=O) groups is 3. The molecule has 3 rings (SSSR count). The van der Waals surface area contributed by atoms with E-state index in [1.54, 1.807) is 29.6 Å². The maximum absolute atomic E-state index is 13.6. The molecule has 24 heavy (non-hydrogen) atoms. The molecule has 0 radical (unpaired) electrons. The monoisotopic (exact) mass is 363 g/mol. The molecule has 1 aromatic carbocycles. The molecule has 3 aromatic rings. The molecule has 8 heteroatoms. The number of halogens is 1. The number of benzene rings is 1. The zero-order valence-electron chi connectivity index (χ0n) is 12.1. The van der Waals surface area contributed by atoms with Crippen LogP contribution in [0.25, 0.3) is 10.1 Å². The maximum Gasteiger partial charge on any atom is 0.348 e. The molecule has 0 aliphatic heterocycles. The lowest BCUT2D eigenvalue weighted by Gasteiger charge is -2.03. The Labute approximate surface area is 143 Å². The molecule has 2 aromatic heterocycles. The van der Waals surface area contributed by atoms with Crippen molar-refractivity contribution in [1.29, 1.82) is 0 Å². The van der Waals surface area contributed by atoms with Crippen molar-refractivity contribution in [3.05, 3.63) is 57.3 Å². The Kier molecular flexibility index (Phi) is 4.68. The van der Waals surface area contributed by atoms with E-state index in [9.17, 15) is 18.8 Å². The Morgan fingerprint density at radius 1 is 1.12 bits per heavy atom. The molecule has 0 atom stereocenters. The van der Waals surface area contributed by atoms with Gasteiger partial charge < -0.3 is 4.74 Å². The standard InChI is InChI=1S/C16H10FNO4S2/c17-10-3-1-4-11-9(10)7-13(24-11)16(21)22-8-14(19)18-15(20)12-5-2-6-23-12/h1-7H,8H2,(H,18,19,20). The minimum absolute atomic E-state index is 0.187. The van der Waals surface area contributed by atoms with E-state index in [1.165, 1.54) is 23.5 Å². The number of ether oxygens (including phenoxy) is 1. The first-order valence-corrected chi connectivity index (χ1v) is 8.47. The predicted molar refractivity (Wildman–Crippen MR) is 88.9 cm³/mol.